The fourth-order valence-electron chi connectivity index (χ4n) is 3.96. The van der Waals surface area contributed by atoms with Crippen molar-refractivity contribution < 1.29 is 14.3 Å². The van der Waals surface area contributed by atoms with Crippen molar-refractivity contribution in [3.05, 3.63) is 82.3 Å². The van der Waals surface area contributed by atoms with Gasteiger partial charge in [0.25, 0.3) is 5.91 Å². The molecule has 0 aliphatic carbocycles. The number of para-hydroxylation sites is 1. The predicted octanol–water partition coefficient (Wildman–Crippen LogP) is 5.13. The fraction of sp³-hybridized carbons (Fsp3) is 0.250. The van der Waals surface area contributed by atoms with Crippen LogP contribution in [0.2, 0.25) is 0 Å². The quantitative estimate of drug-likeness (QED) is 0.492. The minimum Gasteiger partial charge on any atom is -0.480 e. The second-order valence-corrected chi connectivity index (χ2v) is 9.19. The molecule has 0 aromatic heterocycles. The van der Waals surface area contributed by atoms with Gasteiger partial charge < -0.3 is 9.47 Å². The molecule has 152 valence electrons. The van der Waals surface area contributed by atoms with Crippen molar-refractivity contribution in [1.82, 2.24) is 4.90 Å². The molecule has 4 nitrogen and oxygen atoms in total. The Labute approximate surface area is 185 Å². The zero-order valence-corrected chi connectivity index (χ0v) is 18.0. The zero-order chi connectivity index (χ0) is 20.5. The summed E-state index contributed by atoms with van der Waals surface area (Å²) in [7, 11) is 0. The van der Waals surface area contributed by atoms with Gasteiger partial charge in [-0.3, -0.25) is 9.69 Å². The molecule has 2 saturated heterocycles. The highest BCUT2D eigenvalue weighted by Crippen LogP contribution is 2.41. The first-order valence-corrected chi connectivity index (χ1v) is 11.3. The van der Waals surface area contributed by atoms with Crippen LogP contribution in [-0.2, 0) is 9.53 Å². The van der Waals surface area contributed by atoms with Gasteiger partial charge in [0.2, 0.25) is 0 Å². The molecule has 5 rings (SSSR count). The molecule has 0 bridgehead atoms. The Morgan fingerprint density at radius 1 is 1.13 bits per heavy atom. The van der Waals surface area contributed by atoms with E-state index in [4.69, 9.17) is 21.7 Å². The Balaban J connectivity index is 1.47. The minimum absolute atomic E-state index is 0.0490. The third-order valence-corrected chi connectivity index (χ3v) is 6.85. The molecule has 2 fully saturated rings. The zero-order valence-electron chi connectivity index (χ0n) is 16.3. The number of thiocarbonyl (C=S) groups is 1. The van der Waals surface area contributed by atoms with Gasteiger partial charge in [0.1, 0.15) is 16.2 Å². The Morgan fingerprint density at radius 3 is 2.73 bits per heavy atom. The first-order chi connectivity index (χ1) is 14.7. The van der Waals surface area contributed by atoms with Gasteiger partial charge in [-0.1, -0.05) is 72.5 Å². The van der Waals surface area contributed by atoms with Crippen molar-refractivity contribution in [3.63, 3.8) is 0 Å². The molecular formula is C24H21NO3S2. The number of thioether (sulfide) groups is 1. The molecule has 3 aliphatic rings. The Morgan fingerprint density at radius 2 is 1.93 bits per heavy atom. The van der Waals surface area contributed by atoms with Crippen LogP contribution in [0, 0.1) is 0 Å². The standard InChI is InChI=1S/C24H21NO3S2/c26-23-21(30-24(29)25(23)15-19-10-6-12-27-19)14-18-13-17-9-4-5-11-20(17)28-22(18)16-7-2-1-3-8-16/h1-5,7-9,11,13-14,19,22H,6,10,12,15H2/b21-14+. The van der Waals surface area contributed by atoms with E-state index in [9.17, 15) is 4.79 Å². The summed E-state index contributed by atoms with van der Waals surface area (Å²) < 4.78 is 12.6. The maximum Gasteiger partial charge on any atom is 0.266 e. The summed E-state index contributed by atoms with van der Waals surface area (Å²) in [5, 5.41) is 0. The van der Waals surface area contributed by atoms with Crippen molar-refractivity contribution in [2.24, 2.45) is 0 Å². The second kappa shape index (κ2) is 8.38. The molecule has 2 unspecified atom stereocenters. The van der Waals surface area contributed by atoms with Crippen molar-refractivity contribution in [1.29, 1.82) is 0 Å². The average molecular weight is 436 g/mol. The first-order valence-electron chi connectivity index (χ1n) is 10.1. The summed E-state index contributed by atoms with van der Waals surface area (Å²) in [6.07, 6.45) is 5.85. The number of benzene rings is 2. The van der Waals surface area contributed by atoms with Crippen LogP contribution in [0.3, 0.4) is 0 Å². The summed E-state index contributed by atoms with van der Waals surface area (Å²) in [6, 6.07) is 18.0. The van der Waals surface area contributed by atoms with Crippen LogP contribution in [0.5, 0.6) is 5.75 Å². The van der Waals surface area contributed by atoms with Crippen LogP contribution in [0.15, 0.2) is 71.2 Å². The highest BCUT2D eigenvalue weighted by atomic mass is 32.2. The highest BCUT2D eigenvalue weighted by molar-refractivity contribution is 8.26. The smallest absolute Gasteiger partial charge is 0.266 e. The monoisotopic (exact) mass is 435 g/mol. The van der Waals surface area contributed by atoms with Gasteiger partial charge in [-0.2, -0.15) is 0 Å². The Kier molecular flexibility index (Phi) is 5.46. The van der Waals surface area contributed by atoms with Crippen LogP contribution in [-0.4, -0.2) is 34.4 Å². The van der Waals surface area contributed by atoms with Crippen LogP contribution in [0.1, 0.15) is 30.1 Å². The average Bonchev–Trinajstić information content (AvgIpc) is 3.38. The molecule has 2 atom stereocenters. The molecule has 1 amide bonds. The molecule has 2 aromatic carbocycles. The van der Waals surface area contributed by atoms with Crippen molar-refractivity contribution >= 4 is 40.3 Å². The van der Waals surface area contributed by atoms with Gasteiger partial charge in [0, 0.05) is 12.2 Å². The summed E-state index contributed by atoms with van der Waals surface area (Å²) in [5.74, 6) is 0.793. The molecule has 0 spiro atoms. The number of rotatable bonds is 4. The number of hydrogen-bond donors (Lipinski definition) is 0. The van der Waals surface area contributed by atoms with E-state index in [-0.39, 0.29) is 18.1 Å². The summed E-state index contributed by atoms with van der Waals surface area (Å²) in [4.78, 5) is 15.4. The van der Waals surface area contributed by atoms with E-state index in [1.807, 2.05) is 60.7 Å². The van der Waals surface area contributed by atoms with Crippen LogP contribution in [0.25, 0.3) is 6.08 Å². The lowest BCUT2D eigenvalue weighted by Crippen LogP contribution is -2.35. The molecule has 0 N–H and O–H groups in total. The maximum atomic E-state index is 13.1. The van der Waals surface area contributed by atoms with E-state index in [0.717, 1.165) is 41.9 Å². The molecule has 3 heterocycles. The Hall–Kier alpha value is -2.41. The van der Waals surface area contributed by atoms with Gasteiger partial charge in [0.05, 0.1) is 17.6 Å². The summed E-state index contributed by atoms with van der Waals surface area (Å²) >= 11 is 6.86. The summed E-state index contributed by atoms with van der Waals surface area (Å²) in [5.41, 5.74) is 2.99. The largest absolute Gasteiger partial charge is 0.480 e. The van der Waals surface area contributed by atoms with Crippen LogP contribution < -0.4 is 4.74 Å². The van der Waals surface area contributed by atoms with E-state index in [1.165, 1.54) is 11.8 Å². The molecule has 0 radical (unpaired) electrons. The third kappa shape index (κ3) is 3.83. The van der Waals surface area contributed by atoms with E-state index < -0.39 is 0 Å². The van der Waals surface area contributed by atoms with E-state index in [2.05, 4.69) is 6.08 Å². The number of fused-ring (bicyclic) bond motifs is 1. The van der Waals surface area contributed by atoms with E-state index in [1.54, 1.807) is 4.90 Å². The lowest BCUT2D eigenvalue weighted by Gasteiger charge is -2.26. The van der Waals surface area contributed by atoms with Gasteiger partial charge in [-0.25, -0.2) is 0 Å². The van der Waals surface area contributed by atoms with Gasteiger partial charge in [0.15, 0.2) is 0 Å². The van der Waals surface area contributed by atoms with E-state index in [0.29, 0.717) is 15.8 Å². The number of carbonyl (C=O) groups is 1. The number of carbonyl (C=O) groups excluding carboxylic acids is 1. The minimum atomic E-state index is -0.275. The fourth-order valence-corrected chi connectivity index (χ4v) is 5.24. The number of nitrogens with zero attached hydrogens (tertiary/aromatic N) is 1. The first kappa shape index (κ1) is 19.5. The van der Waals surface area contributed by atoms with E-state index >= 15 is 0 Å². The molecule has 30 heavy (non-hydrogen) atoms. The molecule has 3 aliphatic heterocycles. The van der Waals surface area contributed by atoms with Crippen LogP contribution >= 0.6 is 24.0 Å². The molecular weight excluding hydrogens is 414 g/mol. The lowest BCUT2D eigenvalue weighted by molar-refractivity contribution is -0.123. The Bertz CT molecular complexity index is 1040. The number of ether oxygens (including phenoxy) is 2. The number of hydrogen-bond acceptors (Lipinski definition) is 5. The topological polar surface area (TPSA) is 38.8 Å². The summed E-state index contributed by atoms with van der Waals surface area (Å²) in [6.45, 7) is 1.29. The maximum absolute atomic E-state index is 13.1. The van der Waals surface area contributed by atoms with Gasteiger partial charge >= 0.3 is 0 Å². The van der Waals surface area contributed by atoms with Crippen molar-refractivity contribution in [3.8, 4) is 5.75 Å². The SMILES string of the molecule is O=C1/C(=C\C2=Cc3ccccc3OC2c2ccccc2)SC(=S)N1CC1CCCO1. The number of amides is 1. The van der Waals surface area contributed by atoms with Gasteiger partial charge in [-0.15, -0.1) is 0 Å². The molecule has 6 heteroatoms. The van der Waals surface area contributed by atoms with Gasteiger partial charge in [-0.05, 0) is 42.2 Å². The predicted molar refractivity (Wildman–Crippen MR) is 123 cm³/mol. The lowest BCUT2D eigenvalue weighted by atomic mass is 9.95. The normalized spacial score (nSPS) is 24.7. The van der Waals surface area contributed by atoms with Crippen LogP contribution in [0.4, 0.5) is 0 Å². The second-order valence-electron chi connectivity index (χ2n) is 7.52. The molecule has 0 saturated carbocycles. The molecule has 2 aromatic rings. The van der Waals surface area contributed by atoms with Crippen molar-refractivity contribution in [2.75, 3.05) is 13.2 Å². The highest BCUT2D eigenvalue weighted by Gasteiger charge is 2.35. The third-order valence-electron chi connectivity index (χ3n) is 5.47. The van der Waals surface area contributed by atoms with Crippen molar-refractivity contribution in [2.45, 2.75) is 25.0 Å².